The van der Waals surface area contributed by atoms with E-state index in [1.54, 1.807) is 6.92 Å². The number of ether oxygens (including phenoxy) is 1. The minimum Gasteiger partial charge on any atom is -0.481 e. The highest BCUT2D eigenvalue weighted by Gasteiger charge is 2.46. The third-order valence-electron chi connectivity index (χ3n) is 7.46. The first-order valence-electron chi connectivity index (χ1n) is 12.0. The second-order valence-corrected chi connectivity index (χ2v) is 9.49. The Kier molecular flexibility index (Phi) is 6.91. The highest BCUT2D eigenvalue weighted by Crippen LogP contribution is 2.44. The molecular formula is C27H32N2O5. The lowest BCUT2D eigenvalue weighted by Gasteiger charge is -2.29. The smallest absolute Gasteiger partial charge is 0.407 e. The molecule has 7 heteroatoms. The fourth-order valence-electron chi connectivity index (χ4n) is 5.22. The van der Waals surface area contributed by atoms with Gasteiger partial charge in [0.05, 0.1) is 11.3 Å². The number of hydrogen-bond acceptors (Lipinski definition) is 4. The number of carbonyl (C=O) groups is 3. The van der Waals surface area contributed by atoms with Gasteiger partial charge >= 0.3 is 12.1 Å². The Hall–Kier alpha value is -3.35. The predicted molar refractivity (Wildman–Crippen MR) is 128 cm³/mol. The molecule has 1 fully saturated rings. The molecule has 3 unspecified atom stereocenters. The van der Waals surface area contributed by atoms with E-state index in [4.69, 9.17) is 4.74 Å². The molecule has 0 aromatic heterocycles. The zero-order valence-electron chi connectivity index (χ0n) is 19.7. The minimum absolute atomic E-state index is 0.0283. The Balaban J connectivity index is 1.31. The molecule has 0 aliphatic heterocycles. The second kappa shape index (κ2) is 9.87. The van der Waals surface area contributed by atoms with Crippen LogP contribution in [0.4, 0.5) is 4.79 Å². The van der Waals surface area contributed by atoms with Crippen molar-refractivity contribution in [3.8, 4) is 11.1 Å². The van der Waals surface area contributed by atoms with Crippen LogP contribution in [0.3, 0.4) is 0 Å². The lowest BCUT2D eigenvalue weighted by Crippen LogP contribution is -2.50. The molecule has 7 nitrogen and oxygen atoms in total. The van der Waals surface area contributed by atoms with Gasteiger partial charge in [-0.2, -0.15) is 0 Å². The Bertz CT molecular complexity index is 1040. The Morgan fingerprint density at radius 2 is 1.71 bits per heavy atom. The number of amides is 2. The van der Waals surface area contributed by atoms with Crippen molar-refractivity contribution in [1.29, 1.82) is 0 Å². The third kappa shape index (κ3) is 4.52. The zero-order valence-corrected chi connectivity index (χ0v) is 19.7. The van der Waals surface area contributed by atoms with Crippen molar-refractivity contribution in [3.63, 3.8) is 0 Å². The number of aliphatic carboxylic acids is 1. The number of fused-ring (bicyclic) bond motifs is 3. The van der Waals surface area contributed by atoms with Crippen LogP contribution in [0.1, 0.15) is 56.6 Å². The first-order chi connectivity index (χ1) is 16.3. The number of nitrogens with one attached hydrogen (secondary N) is 2. The maximum absolute atomic E-state index is 12.8. The molecule has 0 bridgehead atoms. The van der Waals surface area contributed by atoms with E-state index in [0.29, 0.717) is 19.3 Å². The molecule has 2 aliphatic carbocycles. The number of carboxylic acid groups (broad SMARTS) is 1. The van der Waals surface area contributed by atoms with Crippen LogP contribution in [0.25, 0.3) is 11.1 Å². The molecular weight excluding hydrogens is 432 g/mol. The average Bonchev–Trinajstić information content (AvgIpc) is 3.36. The quantitative estimate of drug-likeness (QED) is 0.540. The van der Waals surface area contributed by atoms with Crippen LogP contribution >= 0.6 is 0 Å². The molecule has 0 heterocycles. The molecule has 3 atom stereocenters. The van der Waals surface area contributed by atoms with E-state index >= 15 is 0 Å². The van der Waals surface area contributed by atoms with Gasteiger partial charge in [0.2, 0.25) is 5.91 Å². The summed E-state index contributed by atoms with van der Waals surface area (Å²) < 4.78 is 5.55. The van der Waals surface area contributed by atoms with Crippen LogP contribution < -0.4 is 10.6 Å². The van der Waals surface area contributed by atoms with Crippen LogP contribution in [0, 0.1) is 11.3 Å². The van der Waals surface area contributed by atoms with Crippen molar-refractivity contribution in [3.05, 3.63) is 59.7 Å². The van der Waals surface area contributed by atoms with E-state index in [1.165, 1.54) is 0 Å². The lowest BCUT2D eigenvalue weighted by molar-refractivity contribution is -0.149. The fourth-order valence-corrected chi connectivity index (χ4v) is 5.22. The van der Waals surface area contributed by atoms with Gasteiger partial charge in [0.25, 0.3) is 0 Å². The number of carboxylic acids is 1. The molecule has 3 N–H and O–H groups in total. The maximum atomic E-state index is 12.8. The normalized spacial score (nSPS) is 21.9. The summed E-state index contributed by atoms with van der Waals surface area (Å²) in [5, 5.41) is 15.2. The maximum Gasteiger partial charge on any atom is 0.407 e. The van der Waals surface area contributed by atoms with E-state index in [0.717, 1.165) is 28.7 Å². The number of alkyl carbamates (subject to hydrolysis) is 1. The first kappa shape index (κ1) is 23.8. The highest BCUT2D eigenvalue weighted by molar-refractivity contribution is 5.82. The monoisotopic (exact) mass is 464 g/mol. The minimum atomic E-state index is -0.950. The molecule has 1 saturated carbocycles. The lowest BCUT2D eigenvalue weighted by atomic mass is 9.84. The molecule has 2 aliphatic rings. The van der Waals surface area contributed by atoms with Crippen LogP contribution in [0.15, 0.2) is 48.5 Å². The fraction of sp³-hybridized carbons (Fsp3) is 0.444. The summed E-state index contributed by atoms with van der Waals surface area (Å²) in [7, 11) is 0. The van der Waals surface area contributed by atoms with Crippen LogP contribution in [-0.2, 0) is 14.3 Å². The molecule has 180 valence electrons. The average molecular weight is 465 g/mol. The van der Waals surface area contributed by atoms with Crippen molar-refractivity contribution in [2.75, 3.05) is 13.2 Å². The standard InChI is InChI=1S/C27H32N2O5/c1-3-17(24(30)29-23-13-8-14-27(23,2)25(31)32)15-28-26(33)34-16-22-20-11-6-4-9-18(20)19-10-5-7-12-21(19)22/h4-7,9-12,17,22-23H,3,8,13-16H2,1-2H3,(H,28,33)(H,29,30)(H,31,32). The van der Waals surface area contributed by atoms with Gasteiger partial charge < -0.3 is 20.5 Å². The van der Waals surface area contributed by atoms with Gasteiger partial charge in [-0.05, 0) is 48.4 Å². The van der Waals surface area contributed by atoms with Gasteiger partial charge in [0.1, 0.15) is 6.61 Å². The van der Waals surface area contributed by atoms with Crippen LogP contribution in [0.5, 0.6) is 0 Å². The summed E-state index contributed by atoms with van der Waals surface area (Å²) in [6.45, 7) is 3.90. The predicted octanol–water partition coefficient (Wildman–Crippen LogP) is 4.31. The molecule has 2 aromatic rings. The van der Waals surface area contributed by atoms with E-state index in [2.05, 4.69) is 34.9 Å². The van der Waals surface area contributed by atoms with E-state index in [-0.39, 0.29) is 25.0 Å². The molecule has 0 saturated heterocycles. The van der Waals surface area contributed by atoms with Crippen molar-refractivity contribution in [2.24, 2.45) is 11.3 Å². The second-order valence-electron chi connectivity index (χ2n) is 9.49. The van der Waals surface area contributed by atoms with Gasteiger partial charge in [0, 0.05) is 18.5 Å². The van der Waals surface area contributed by atoms with E-state index in [1.807, 2.05) is 31.2 Å². The molecule has 2 amide bonds. The van der Waals surface area contributed by atoms with Crippen LogP contribution in [0.2, 0.25) is 0 Å². The largest absolute Gasteiger partial charge is 0.481 e. The highest BCUT2D eigenvalue weighted by atomic mass is 16.5. The molecule has 0 radical (unpaired) electrons. The first-order valence-corrected chi connectivity index (χ1v) is 12.0. The zero-order chi connectivity index (χ0) is 24.3. The third-order valence-corrected chi connectivity index (χ3v) is 7.46. The van der Waals surface area contributed by atoms with Gasteiger partial charge in [-0.1, -0.05) is 61.9 Å². The van der Waals surface area contributed by atoms with Crippen molar-refractivity contribution in [1.82, 2.24) is 10.6 Å². The molecule has 2 aromatic carbocycles. The summed E-state index contributed by atoms with van der Waals surface area (Å²) in [4.78, 5) is 36.9. The summed E-state index contributed by atoms with van der Waals surface area (Å²) in [5.74, 6) is -1.61. The number of benzene rings is 2. The van der Waals surface area contributed by atoms with E-state index < -0.39 is 29.4 Å². The Morgan fingerprint density at radius 3 is 2.29 bits per heavy atom. The van der Waals surface area contributed by atoms with Gasteiger partial charge in [0.15, 0.2) is 0 Å². The van der Waals surface area contributed by atoms with Crippen molar-refractivity contribution in [2.45, 2.75) is 51.5 Å². The number of rotatable bonds is 8. The number of hydrogen-bond donors (Lipinski definition) is 3. The van der Waals surface area contributed by atoms with Gasteiger partial charge in [-0.3, -0.25) is 9.59 Å². The number of carbonyl (C=O) groups excluding carboxylic acids is 2. The molecule has 34 heavy (non-hydrogen) atoms. The summed E-state index contributed by atoms with van der Waals surface area (Å²) >= 11 is 0. The Morgan fingerprint density at radius 1 is 1.09 bits per heavy atom. The van der Waals surface area contributed by atoms with Gasteiger partial charge in [-0.15, -0.1) is 0 Å². The molecule has 4 rings (SSSR count). The topological polar surface area (TPSA) is 105 Å². The molecule has 0 spiro atoms. The summed E-state index contributed by atoms with van der Waals surface area (Å²) in [6, 6.07) is 15.9. The van der Waals surface area contributed by atoms with Crippen molar-refractivity contribution < 1.29 is 24.2 Å². The van der Waals surface area contributed by atoms with Crippen molar-refractivity contribution >= 4 is 18.0 Å². The Labute approximate surface area is 199 Å². The summed E-state index contributed by atoms with van der Waals surface area (Å²) in [5.41, 5.74) is 3.65. The SMILES string of the molecule is CCC(CNC(=O)OCC1c2ccccc2-c2ccccc21)C(=O)NC1CCCC1(C)C(=O)O. The summed E-state index contributed by atoms with van der Waals surface area (Å²) in [6.07, 6.45) is 1.91. The van der Waals surface area contributed by atoms with Crippen LogP contribution in [-0.4, -0.2) is 42.3 Å². The van der Waals surface area contributed by atoms with E-state index in [9.17, 15) is 19.5 Å². The van der Waals surface area contributed by atoms with Gasteiger partial charge in [-0.25, -0.2) is 4.79 Å².